The fourth-order valence-electron chi connectivity index (χ4n) is 3.55. The standard InChI is InChI=1S/C16H22ClN3O3S/c1-18(2)16(21)19-9-12-7-8-13(11-19)20(10-12)24(22,23)15-6-4-3-5-14(15)17/h3-6,12-13H,7-11H2,1-2H3/t12-,13+/m0/s1. The summed E-state index contributed by atoms with van der Waals surface area (Å²) < 4.78 is 27.7. The molecule has 2 atom stereocenters. The highest BCUT2D eigenvalue weighted by Gasteiger charge is 2.42. The van der Waals surface area contributed by atoms with E-state index in [0.717, 1.165) is 12.8 Å². The van der Waals surface area contributed by atoms with Gasteiger partial charge in [-0.05, 0) is 30.9 Å². The molecule has 3 fully saturated rings. The molecule has 0 saturated carbocycles. The Bertz CT molecular complexity index is 738. The van der Waals surface area contributed by atoms with Gasteiger partial charge in [-0.25, -0.2) is 13.2 Å². The highest BCUT2D eigenvalue weighted by molar-refractivity contribution is 7.89. The van der Waals surface area contributed by atoms with Crippen molar-refractivity contribution in [2.75, 3.05) is 33.7 Å². The van der Waals surface area contributed by atoms with Gasteiger partial charge in [-0.3, -0.25) is 0 Å². The van der Waals surface area contributed by atoms with Gasteiger partial charge in [-0.15, -0.1) is 0 Å². The lowest BCUT2D eigenvalue weighted by Gasteiger charge is -2.35. The first kappa shape index (κ1) is 17.5. The smallest absolute Gasteiger partial charge is 0.319 e. The number of rotatable bonds is 2. The van der Waals surface area contributed by atoms with Gasteiger partial charge in [0.25, 0.3) is 0 Å². The summed E-state index contributed by atoms with van der Waals surface area (Å²) in [5, 5.41) is 0.235. The Balaban J connectivity index is 1.91. The minimum absolute atomic E-state index is 0.0658. The molecule has 8 heteroatoms. The van der Waals surface area contributed by atoms with E-state index < -0.39 is 10.0 Å². The monoisotopic (exact) mass is 371 g/mol. The van der Waals surface area contributed by atoms with Crippen LogP contribution in [-0.4, -0.2) is 68.3 Å². The van der Waals surface area contributed by atoms with Crippen LogP contribution in [0.5, 0.6) is 0 Å². The van der Waals surface area contributed by atoms with Gasteiger partial charge in [-0.2, -0.15) is 4.31 Å². The SMILES string of the molecule is CN(C)C(=O)N1C[C@@H]2CC[C@H](C1)N(S(=O)(=O)c1ccccc1Cl)C2. The number of sulfonamides is 1. The molecule has 24 heavy (non-hydrogen) atoms. The molecule has 3 heterocycles. The number of carbonyl (C=O) groups is 1. The molecule has 0 spiro atoms. The molecular formula is C16H22ClN3O3S. The molecule has 3 aliphatic heterocycles. The minimum atomic E-state index is -3.67. The fourth-order valence-corrected chi connectivity index (χ4v) is 5.77. The molecule has 2 amide bonds. The van der Waals surface area contributed by atoms with E-state index in [-0.39, 0.29) is 27.9 Å². The second kappa shape index (κ2) is 6.54. The fraction of sp³-hybridized carbons (Fsp3) is 0.562. The van der Waals surface area contributed by atoms with Gasteiger partial charge < -0.3 is 9.80 Å². The molecular weight excluding hydrogens is 350 g/mol. The topological polar surface area (TPSA) is 60.9 Å². The first-order valence-electron chi connectivity index (χ1n) is 8.03. The average molecular weight is 372 g/mol. The van der Waals surface area contributed by atoms with Crippen molar-refractivity contribution in [2.24, 2.45) is 5.92 Å². The summed E-state index contributed by atoms with van der Waals surface area (Å²) in [6.45, 7) is 1.47. The Morgan fingerprint density at radius 3 is 2.54 bits per heavy atom. The molecule has 3 saturated heterocycles. The van der Waals surface area contributed by atoms with Crippen LogP contribution in [0.4, 0.5) is 4.79 Å². The zero-order valence-electron chi connectivity index (χ0n) is 13.9. The lowest BCUT2D eigenvalue weighted by molar-refractivity contribution is 0.167. The second-order valence-corrected chi connectivity index (χ2v) is 8.95. The number of nitrogens with zero attached hydrogens (tertiary/aromatic N) is 3. The van der Waals surface area contributed by atoms with Crippen LogP contribution in [-0.2, 0) is 10.0 Å². The van der Waals surface area contributed by atoms with Crippen LogP contribution in [0.3, 0.4) is 0 Å². The van der Waals surface area contributed by atoms with Gasteiger partial charge in [0.2, 0.25) is 10.0 Å². The Kier molecular flexibility index (Phi) is 4.77. The summed E-state index contributed by atoms with van der Waals surface area (Å²) in [5.41, 5.74) is 0. The summed E-state index contributed by atoms with van der Waals surface area (Å²) in [4.78, 5) is 15.8. The van der Waals surface area contributed by atoms with Crippen molar-refractivity contribution in [1.29, 1.82) is 0 Å². The van der Waals surface area contributed by atoms with Crippen molar-refractivity contribution in [3.63, 3.8) is 0 Å². The van der Waals surface area contributed by atoms with Gasteiger partial charge in [0, 0.05) is 39.8 Å². The third-order valence-electron chi connectivity index (χ3n) is 4.74. The molecule has 6 nitrogen and oxygen atoms in total. The Hall–Kier alpha value is -1.31. The van der Waals surface area contributed by atoms with Crippen LogP contribution < -0.4 is 0 Å². The van der Waals surface area contributed by atoms with Crippen LogP contribution in [0.25, 0.3) is 0 Å². The third-order valence-corrected chi connectivity index (χ3v) is 7.16. The molecule has 0 radical (unpaired) electrons. The maximum atomic E-state index is 13.1. The largest absolute Gasteiger partial charge is 0.331 e. The second-order valence-electron chi connectivity index (χ2n) is 6.68. The molecule has 1 aromatic rings. The molecule has 2 bridgehead atoms. The van der Waals surface area contributed by atoms with E-state index in [4.69, 9.17) is 11.6 Å². The Labute approximate surface area is 148 Å². The van der Waals surface area contributed by atoms with Gasteiger partial charge >= 0.3 is 6.03 Å². The Morgan fingerprint density at radius 1 is 1.17 bits per heavy atom. The van der Waals surface area contributed by atoms with E-state index in [2.05, 4.69) is 0 Å². The summed E-state index contributed by atoms with van der Waals surface area (Å²) in [7, 11) is -0.235. The predicted molar refractivity (Wildman–Crippen MR) is 92.5 cm³/mol. The number of urea groups is 1. The molecule has 1 aromatic carbocycles. The van der Waals surface area contributed by atoms with E-state index >= 15 is 0 Å². The Morgan fingerprint density at radius 2 is 1.88 bits per heavy atom. The van der Waals surface area contributed by atoms with Crippen LogP contribution in [0, 0.1) is 5.92 Å². The number of hydrogen-bond acceptors (Lipinski definition) is 3. The number of fused-ring (bicyclic) bond motifs is 4. The highest BCUT2D eigenvalue weighted by Crippen LogP contribution is 2.34. The van der Waals surface area contributed by atoms with Crippen molar-refractivity contribution in [3.8, 4) is 0 Å². The van der Waals surface area contributed by atoms with Gasteiger partial charge in [-0.1, -0.05) is 23.7 Å². The molecule has 3 aliphatic rings. The van der Waals surface area contributed by atoms with E-state index in [9.17, 15) is 13.2 Å². The van der Waals surface area contributed by atoms with Crippen LogP contribution in [0.15, 0.2) is 29.2 Å². The van der Waals surface area contributed by atoms with Gasteiger partial charge in [0.05, 0.1) is 5.02 Å². The normalized spacial score (nSPS) is 24.7. The van der Waals surface area contributed by atoms with Gasteiger partial charge in [0.15, 0.2) is 0 Å². The predicted octanol–water partition coefficient (Wildman–Crippen LogP) is 2.11. The summed E-state index contributed by atoms with van der Waals surface area (Å²) >= 11 is 6.11. The lowest BCUT2D eigenvalue weighted by Crippen LogP contribution is -2.48. The van der Waals surface area contributed by atoms with Crippen LogP contribution >= 0.6 is 11.6 Å². The van der Waals surface area contributed by atoms with Crippen molar-refractivity contribution in [2.45, 2.75) is 23.8 Å². The van der Waals surface area contributed by atoms with Crippen molar-refractivity contribution >= 4 is 27.7 Å². The van der Waals surface area contributed by atoms with Crippen LogP contribution in [0.2, 0.25) is 5.02 Å². The lowest BCUT2D eigenvalue weighted by atomic mass is 9.97. The quantitative estimate of drug-likeness (QED) is 0.799. The highest BCUT2D eigenvalue weighted by atomic mass is 35.5. The van der Waals surface area contributed by atoms with Gasteiger partial charge in [0.1, 0.15) is 4.90 Å². The number of carbonyl (C=O) groups excluding carboxylic acids is 1. The van der Waals surface area contributed by atoms with Crippen LogP contribution in [0.1, 0.15) is 12.8 Å². The maximum absolute atomic E-state index is 13.1. The number of piperidine rings is 1. The van der Waals surface area contributed by atoms with E-state index in [1.165, 1.54) is 4.90 Å². The zero-order valence-corrected chi connectivity index (χ0v) is 15.4. The molecule has 0 N–H and O–H groups in total. The van der Waals surface area contributed by atoms with Crippen molar-refractivity contribution < 1.29 is 13.2 Å². The molecule has 4 rings (SSSR count). The minimum Gasteiger partial charge on any atom is -0.331 e. The van der Waals surface area contributed by atoms with Crippen molar-refractivity contribution in [1.82, 2.24) is 14.1 Å². The zero-order chi connectivity index (χ0) is 17.5. The number of benzene rings is 1. The summed E-state index contributed by atoms with van der Waals surface area (Å²) in [5.74, 6) is 0.157. The number of hydrogen-bond donors (Lipinski definition) is 0. The van der Waals surface area contributed by atoms with E-state index in [1.807, 2.05) is 0 Å². The molecule has 0 unspecified atom stereocenters. The van der Waals surface area contributed by atoms with E-state index in [0.29, 0.717) is 19.6 Å². The first-order chi connectivity index (χ1) is 11.3. The average Bonchev–Trinajstić information content (AvgIpc) is 2.86. The van der Waals surface area contributed by atoms with E-state index in [1.54, 1.807) is 47.6 Å². The molecule has 0 aliphatic carbocycles. The number of amides is 2. The first-order valence-corrected chi connectivity index (χ1v) is 9.85. The maximum Gasteiger partial charge on any atom is 0.319 e. The summed E-state index contributed by atoms with van der Waals surface area (Å²) in [6, 6.07) is 6.26. The molecule has 132 valence electrons. The number of halogens is 1. The van der Waals surface area contributed by atoms with Crippen molar-refractivity contribution in [3.05, 3.63) is 29.3 Å². The third kappa shape index (κ3) is 3.12. The summed E-state index contributed by atoms with van der Waals surface area (Å²) in [6.07, 6.45) is 1.71. The molecule has 0 aromatic heterocycles.